The zero-order chi connectivity index (χ0) is 20.5. The molecule has 148 valence electrons. The highest BCUT2D eigenvalue weighted by atomic mass is 35.5. The summed E-state index contributed by atoms with van der Waals surface area (Å²) in [5.74, 6) is 1.10. The summed E-state index contributed by atoms with van der Waals surface area (Å²) < 4.78 is 10.8. The number of methoxy groups -OCH3 is 2. The highest BCUT2D eigenvalue weighted by Crippen LogP contribution is 2.39. The number of fused-ring (bicyclic) bond motifs is 1. The van der Waals surface area contributed by atoms with Gasteiger partial charge in [-0.2, -0.15) is 5.10 Å². The molecule has 4 rings (SSSR count). The maximum Gasteiger partial charge on any atom is 0.240 e. The highest BCUT2D eigenvalue weighted by molar-refractivity contribution is 6.30. The Balaban J connectivity index is 1.81. The molecule has 0 N–H and O–H groups in total. The van der Waals surface area contributed by atoms with Crippen LogP contribution in [0.15, 0.2) is 53.6 Å². The first-order valence-corrected chi connectivity index (χ1v) is 9.54. The molecule has 2 aromatic carbocycles. The summed E-state index contributed by atoms with van der Waals surface area (Å²) in [6.45, 7) is 1.50. The lowest BCUT2D eigenvalue weighted by Gasteiger charge is -2.22. The summed E-state index contributed by atoms with van der Waals surface area (Å²) in [7, 11) is 3.18. The summed E-state index contributed by atoms with van der Waals surface area (Å²) in [6, 6.07) is 15.0. The number of hydrazone groups is 1. The molecule has 6 nitrogen and oxygen atoms in total. The normalized spacial score (nSPS) is 16.1. The van der Waals surface area contributed by atoms with Crippen molar-refractivity contribution in [2.24, 2.45) is 5.10 Å². The Kier molecular flexibility index (Phi) is 5.11. The SMILES string of the molecule is COc1cc(OC)c2cc([C@H]3CC(c4ccccc4)=NN3C(C)=O)c(Cl)nc2c1. The lowest BCUT2D eigenvalue weighted by Crippen LogP contribution is -2.24. The number of aromatic nitrogens is 1. The van der Waals surface area contributed by atoms with Crippen LogP contribution >= 0.6 is 11.6 Å². The molecule has 0 saturated heterocycles. The van der Waals surface area contributed by atoms with E-state index < -0.39 is 0 Å². The molecule has 0 saturated carbocycles. The van der Waals surface area contributed by atoms with Crippen LogP contribution in [0.3, 0.4) is 0 Å². The average Bonchev–Trinajstić information content (AvgIpc) is 3.18. The van der Waals surface area contributed by atoms with E-state index in [0.717, 1.165) is 22.2 Å². The minimum atomic E-state index is -0.334. The van der Waals surface area contributed by atoms with Crippen molar-refractivity contribution in [3.05, 3.63) is 64.8 Å². The molecule has 3 aromatic rings. The molecule has 0 radical (unpaired) electrons. The van der Waals surface area contributed by atoms with E-state index in [-0.39, 0.29) is 11.9 Å². The highest BCUT2D eigenvalue weighted by Gasteiger charge is 2.33. The quantitative estimate of drug-likeness (QED) is 0.590. The molecule has 2 heterocycles. The topological polar surface area (TPSA) is 64.0 Å². The second-order valence-corrected chi connectivity index (χ2v) is 7.12. The maximum atomic E-state index is 12.3. The first-order valence-electron chi connectivity index (χ1n) is 9.16. The van der Waals surface area contributed by atoms with Crippen molar-refractivity contribution >= 4 is 34.1 Å². The molecule has 0 spiro atoms. The van der Waals surface area contributed by atoms with Gasteiger partial charge in [-0.3, -0.25) is 4.79 Å². The van der Waals surface area contributed by atoms with Gasteiger partial charge in [-0.15, -0.1) is 0 Å². The van der Waals surface area contributed by atoms with Gasteiger partial charge in [0, 0.05) is 36.4 Å². The standard InChI is InChI=1S/C22H20ClN3O3/c1-13(27)26-20(12-18(25-26)14-7-5-4-6-8-14)17-11-16-19(24-22(17)23)9-15(28-2)10-21(16)29-3/h4-11,20H,12H2,1-3H3/t20-/m1/s1. The molecule has 1 aliphatic rings. The number of carbonyl (C=O) groups excluding carboxylic acids is 1. The second-order valence-electron chi connectivity index (χ2n) is 6.76. The molecule has 0 bridgehead atoms. The Morgan fingerprint density at radius 1 is 1.14 bits per heavy atom. The number of rotatable bonds is 4. The van der Waals surface area contributed by atoms with Gasteiger partial charge in [-0.05, 0) is 11.6 Å². The molecule has 29 heavy (non-hydrogen) atoms. The number of ether oxygens (including phenoxy) is 2. The Morgan fingerprint density at radius 3 is 2.55 bits per heavy atom. The van der Waals surface area contributed by atoms with Crippen molar-refractivity contribution in [1.82, 2.24) is 9.99 Å². The van der Waals surface area contributed by atoms with Gasteiger partial charge in [0.25, 0.3) is 0 Å². The summed E-state index contributed by atoms with van der Waals surface area (Å²) >= 11 is 6.56. The molecule has 0 fully saturated rings. The lowest BCUT2D eigenvalue weighted by molar-refractivity contribution is -0.130. The van der Waals surface area contributed by atoms with Crippen molar-refractivity contribution in [2.75, 3.05) is 14.2 Å². The fourth-order valence-electron chi connectivity index (χ4n) is 3.58. The van der Waals surface area contributed by atoms with E-state index in [9.17, 15) is 4.79 Å². The van der Waals surface area contributed by atoms with Crippen LogP contribution in [0, 0.1) is 0 Å². The largest absolute Gasteiger partial charge is 0.497 e. The van der Waals surface area contributed by atoms with Crippen molar-refractivity contribution in [3.8, 4) is 11.5 Å². The number of halogens is 1. The van der Waals surface area contributed by atoms with Gasteiger partial charge in [0.2, 0.25) is 5.91 Å². The van der Waals surface area contributed by atoms with Crippen LogP contribution in [0.4, 0.5) is 0 Å². The van der Waals surface area contributed by atoms with E-state index in [1.54, 1.807) is 26.4 Å². The van der Waals surface area contributed by atoms with Crippen molar-refractivity contribution < 1.29 is 14.3 Å². The predicted octanol–water partition coefficient (Wildman–Crippen LogP) is 4.60. The third-order valence-corrected chi connectivity index (χ3v) is 5.31. The monoisotopic (exact) mass is 409 g/mol. The van der Waals surface area contributed by atoms with Crippen LogP contribution < -0.4 is 9.47 Å². The van der Waals surface area contributed by atoms with Crippen LogP contribution in [-0.4, -0.2) is 35.8 Å². The Labute approximate surface area is 173 Å². The van der Waals surface area contributed by atoms with Crippen LogP contribution in [0.1, 0.15) is 30.5 Å². The number of nitrogens with zero attached hydrogens (tertiary/aromatic N) is 3. The maximum absolute atomic E-state index is 12.3. The van der Waals surface area contributed by atoms with Gasteiger partial charge >= 0.3 is 0 Å². The third kappa shape index (κ3) is 3.51. The number of carbonyl (C=O) groups is 1. The van der Waals surface area contributed by atoms with Crippen LogP contribution in [0.25, 0.3) is 10.9 Å². The molecule has 1 amide bonds. The van der Waals surface area contributed by atoms with Crippen molar-refractivity contribution in [3.63, 3.8) is 0 Å². The number of amides is 1. The van der Waals surface area contributed by atoms with Crippen LogP contribution in [-0.2, 0) is 4.79 Å². The molecular formula is C22H20ClN3O3. The number of pyridine rings is 1. The number of hydrogen-bond acceptors (Lipinski definition) is 5. The van der Waals surface area contributed by atoms with Gasteiger partial charge in [-0.1, -0.05) is 41.9 Å². The van der Waals surface area contributed by atoms with E-state index in [0.29, 0.717) is 28.6 Å². The minimum absolute atomic E-state index is 0.154. The zero-order valence-electron chi connectivity index (χ0n) is 16.3. The Hall–Kier alpha value is -3.12. The van der Waals surface area contributed by atoms with Crippen molar-refractivity contribution in [1.29, 1.82) is 0 Å². The molecule has 1 atom stereocenters. The lowest BCUT2D eigenvalue weighted by atomic mass is 9.98. The molecule has 7 heteroatoms. The van der Waals surface area contributed by atoms with E-state index >= 15 is 0 Å². The van der Waals surface area contributed by atoms with Crippen LogP contribution in [0.2, 0.25) is 5.15 Å². The zero-order valence-corrected chi connectivity index (χ0v) is 17.1. The molecule has 1 aromatic heterocycles. The smallest absolute Gasteiger partial charge is 0.240 e. The van der Waals surface area contributed by atoms with Gasteiger partial charge in [0.15, 0.2) is 0 Å². The molecule has 1 aliphatic heterocycles. The predicted molar refractivity (Wildman–Crippen MR) is 113 cm³/mol. The summed E-state index contributed by atoms with van der Waals surface area (Å²) in [5.41, 5.74) is 3.20. The fraction of sp³-hybridized carbons (Fsp3) is 0.227. The van der Waals surface area contributed by atoms with E-state index in [1.807, 2.05) is 36.4 Å². The van der Waals surface area contributed by atoms with Gasteiger partial charge < -0.3 is 9.47 Å². The van der Waals surface area contributed by atoms with E-state index in [4.69, 9.17) is 21.1 Å². The fourth-order valence-corrected chi connectivity index (χ4v) is 3.85. The van der Waals surface area contributed by atoms with Gasteiger partial charge in [0.1, 0.15) is 16.7 Å². The van der Waals surface area contributed by atoms with Crippen molar-refractivity contribution in [2.45, 2.75) is 19.4 Å². The van der Waals surface area contributed by atoms with E-state index in [1.165, 1.54) is 11.9 Å². The first-order chi connectivity index (χ1) is 14.0. The number of benzene rings is 2. The number of hydrogen-bond donors (Lipinski definition) is 0. The Morgan fingerprint density at radius 2 is 1.90 bits per heavy atom. The third-order valence-electron chi connectivity index (χ3n) is 5.01. The summed E-state index contributed by atoms with van der Waals surface area (Å²) in [5, 5.41) is 7.17. The minimum Gasteiger partial charge on any atom is -0.497 e. The average molecular weight is 410 g/mol. The first kappa shape index (κ1) is 19.2. The molecule has 0 unspecified atom stereocenters. The summed E-state index contributed by atoms with van der Waals surface area (Å²) in [6.07, 6.45) is 0.551. The van der Waals surface area contributed by atoms with E-state index in [2.05, 4.69) is 10.1 Å². The molecular weight excluding hydrogens is 390 g/mol. The van der Waals surface area contributed by atoms with Gasteiger partial charge in [-0.25, -0.2) is 9.99 Å². The summed E-state index contributed by atoms with van der Waals surface area (Å²) in [4.78, 5) is 16.8. The Bertz CT molecular complexity index is 1120. The van der Waals surface area contributed by atoms with Gasteiger partial charge in [0.05, 0.1) is 31.5 Å². The molecule has 0 aliphatic carbocycles. The van der Waals surface area contributed by atoms with Crippen LogP contribution in [0.5, 0.6) is 11.5 Å². The second kappa shape index (κ2) is 7.72.